The maximum absolute atomic E-state index is 6.52. The molecule has 0 aliphatic heterocycles. The van der Waals surface area contributed by atoms with Gasteiger partial charge in [-0.05, 0) is 63.9 Å². The minimum atomic E-state index is 0.578. The summed E-state index contributed by atoms with van der Waals surface area (Å²) in [6.45, 7) is 0. The molecule has 0 amide bonds. The first-order chi connectivity index (χ1) is 26.7. The Morgan fingerprint density at radius 3 is 1.63 bits per heavy atom. The standard InChI is InChI=1S/C49H29N3O2/c1-2-10-32(11-3-1)47-50-48(33-20-18-31(19-21-33)38-14-8-15-42-39-13-6-7-16-43(39)54-46(38)42)52-49(51-47)37-24-26-41-40-25-23-36(28-44(40)53-45(41)29-37)35-22-17-30-9-4-5-12-34(30)27-35/h1-29H. The molecular weight excluding hydrogens is 663 g/mol. The Morgan fingerprint density at radius 2 is 0.833 bits per heavy atom. The Hall–Kier alpha value is -7.37. The summed E-state index contributed by atoms with van der Waals surface area (Å²) in [6.07, 6.45) is 0. The van der Waals surface area contributed by atoms with Crippen LogP contribution < -0.4 is 0 Å². The van der Waals surface area contributed by atoms with Gasteiger partial charge in [-0.25, -0.2) is 15.0 Å². The third-order valence-electron chi connectivity index (χ3n) is 10.3. The molecule has 0 saturated carbocycles. The zero-order valence-electron chi connectivity index (χ0n) is 28.9. The number of hydrogen-bond acceptors (Lipinski definition) is 5. The summed E-state index contributed by atoms with van der Waals surface area (Å²) in [7, 11) is 0. The maximum Gasteiger partial charge on any atom is 0.164 e. The van der Waals surface area contributed by atoms with Crippen LogP contribution in [0.1, 0.15) is 0 Å². The summed E-state index contributed by atoms with van der Waals surface area (Å²) in [5, 5.41) is 6.78. The second kappa shape index (κ2) is 12.1. The number of para-hydroxylation sites is 2. The van der Waals surface area contributed by atoms with Crippen LogP contribution in [0.2, 0.25) is 0 Å². The van der Waals surface area contributed by atoms with E-state index in [1.165, 1.54) is 10.8 Å². The lowest BCUT2D eigenvalue weighted by molar-refractivity contribution is 0.669. The second-order valence-electron chi connectivity index (χ2n) is 13.6. The van der Waals surface area contributed by atoms with E-state index in [9.17, 15) is 0 Å². The molecule has 5 nitrogen and oxygen atoms in total. The van der Waals surface area contributed by atoms with Crippen molar-refractivity contribution in [2.24, 2.45) is 0 Å². The van der Waals surface area contributed by atoms with Gasteiger partial charge in [-0.15, -0.1) is 0 Å². The van der Waals surface area contributed by atoms with E-state index in [0.717, 1.165) is 82.8 Å². The Kier molecular flexibility index (Phi) is 6.79. The van der Waals surface area contributed by atoms with Crippen molar-refractivity contribution in [1.29, 1.82) is 0 Å². The third-order valence-corrected chi connectivity index (χ3v) is 10.3. The first kappa shape index (κ1) is 30.3. The Labute approximate surface area is 309 Å². The highest BCUT2D eigenvalue weighted by Gasteiger charge is 2.17. The Balaban J connectivity index is 0.986. The fourth-order valence-electron chi connectivity index (χ4n) is 7.59. The average Bonchev–Trinajstić information content (AvgIpc) is 3.81. The zero-order valence-corrected chi connectivity index (χ0v) is 28.9. The summed E-state index contributed by atoms with van der Waals surface area (Å²) >= 11 is 0. The number of nitrogens with zero attached hydrogens (tertiary/aromatic N) is 3. The molecule has 11 aromatic rings. The number of rotatable bonds is 5. The van der Waals surface area contributed by atoms with Crippen molar-refractivity contribution in [3.05, 3.63) is 176 Å². The van der Waals surface area contributed by atoms with Gasteiger partial charge in [0.2, 0.25) is 0 Å². The van der Waals surface area contributed by atoms with Gasteiger partial charge in [0.05, 0.1) is 0 Å². The summed E-state index contributed by atoms with van der Waals surface area (Å²) in [4.78, 5) is 15.0. The molecule has 3 aromatic heterocycles. The van der Waals surface area contributed by atoms with Crippen molar-refractivity contribution in [1.82, 2.24) is 15.0 Å². The molecule has 0 atom stereocenters. The van der Waals surface area contributed by atoms with Crippen LogP contribution in [-0.2, 0) is 0 Å². The van der Waals surface area contributed by atoms with Crippen LogP contribution in [-0.4, -0.2) is 15.0 Å². The molecule has 0 spiro atoms. The van der Waals surface area contributed by atoms with Crippen LogP contribution in [0.4, 0.5) is 0 Å². The van der Waals surface area contributed by atoms with Crippen LogP contribution in [0.3, 0.4) is 0 Å². The average molecular weight is 692 g/mol. The molecule has 0 aliphatic carbocycles. The molecule has 5 heteroatoms. The third kappa shape index (κ3) is 5.06. The minimum Gasteiger partial charge on any atom is -0.456 e. The highest BCUT2D eigenvalue weighted by Crippen LogP contribution is 2.38. The van der Waals surface area contributed by atoms with Crippen LogP contribution in [0.15, 0.2) is 185 Å². The summed E-state index contributed by atoms with van der Waals surface area (Å²) in [5.74, 6) is 1.78. The SMILES string of the molecule is c1ccc(-c2nc(-c3ccc(-c4cccc5c4oc4ccccc45)cc3)nc(-c3ccc4c(c3)oc3cc(-c5ccc6ccccc6c5)ccc34)n2)cc1. The van der Waals surface area contributed by atoms with Crippen molar-refractivity contribution in [2.75, 3.05) is 0 Å². The fraction of sp³-hybridized carbons (Fsp3) is 0. The van der Waals surface area contributed by atoms with Crippen molar-refractivity contribution >= 4 is 54.6 Å². The molecule has 8 aromatic carbocycles. The topological polar surface area (TPSA) is 65.0 Å². The molecule has 0 radical (unpaired) electrons. The van der Waals surface area contributed by atoms with Gasteiger partial charge >= 0.3 is 0 Å². The van der Waals surface area contributed by atoms with E-state index in [1.807, 2.05) is 54.6 Å². The zero-order chi connectivity index (χ0) is 35.6. The molecule has 0 bridgehead atoms. The van der Waals surface area contributed by atoms with Gasteiger partial charge in [0.25, 0.3) is 0 Å². The first-order valence-electron chi connectivity index (χ1n) is 18.0. The van der Waals surface area contributed by atoms with Gasteiger partial charge in [0.15, 0.2) is 17.5 Å². The summed E-state index contributed by atoms with van der Waals surface area (Å²) in [5.41, 5.74) is 10.4. The largest absolute Gasteiger partial charge is 0.456 e. The van der Waals surface area contributed by atoms with Crippen LogP contribution in [0.25, 0.3) is 111 Å². The number of furan rings is 2. The van der Waals surface area contributed by atoms with Crippen molar-refractivity contribution < 1.29 is 8.83 Å². The lowest BCUT2D eigenvalue weighted by atomic mass is 10.00. The van der Waals surface area contributed by atoms with Gasteiger partial charge in [0.1, 0.15) is 22.3 Å². The Bertz CT molecular complexity index is 3210. The van der Waals surface area contributed by atoms with E-state index >= 15 is 0 Å². The Morgan fingerprint density at radius 1 is 0.296 bits per heavy atom. The van der Waals surface area contributed by atoms with E-state index in [0.29, 0.717) is 17.5 Å². The lowest BCUT2D eigenvalue weighted by Crippen LogP contribution is -2.00. The van der Waals surface area contributed by atoms with E-state index in [-0.39, 0.29) is 0 Å². The van der Waals surface area contributed by atoms with Crippen molar-refractivity contribution in [3.63, 3.8) is 0 Å². The van der Waals surface area contributed by atoms with Crippen LogP contribution in [0.5, 0.6) is 0 Å². The molecule has 0 N–H and O–H groups in total. The predicted molar refractivity (Wildman–Crippen MR) is 219 cm³/mol. The molecule has 0 aliphatic rings. The molecule has 0 fully saturated rings. The molecular formula is C49H29N3O2. The molecule has 3 heterocycles. The van der Waals surface area contributed by atoms with Gasteiger partial charge < -0.3 is 8.83 Å². The number of hydrogen-bond donors (Lipinski definition) is 0. The van der Waals surface area contributed by atoms with Crippen LogP contribution >= 0.6 is 0 Å². The molecule has 54 heavy (non-hydrogen) atoms. The smallest absolute Gasteiger partial charge is 0.164 e. The highest BCUT2D eigenvalue weighted by atomic mass is 16.3. The summed E-state index contributed by atoms with van der Waals surface area (Å²) in [6, 6.07) is 60.5. The summed E-state index contributed by atoms with van der Waals surface area (Å²) < 4.78 is 12.9. The van der Waals surface area contributed by atoms with Crippen LogP contribution in [0, 0.1) is 0 Å². The first-order valence-corrected chi connectivity index (χ1v) is 18.0. The lowest BCUT2D eigenvalue weighted by Gasteiger charge is -2.09. The monoisotopic (exact) mass is 691 g/mol. The van der Waals surface area contributed by atoms with Gasteiger partial charge in [-0.2, -0.15) is 0 Å². The minimum absolute atomic E-state index is 0.578. The van der Waals surface area contributed by atoms with E-state index in [1.54, 1.807) is 0 Å². The van der Waals surface area contributed by atoms with Gasteiger partial charge in [0, 0.05) is 43.8 Å². The van der Waals surface area contributed by atoms with Gasteiger partial charge in [-0.1, -0.05) is 140 Å². The molecule has 252 valence electrons. The second-order valence-corrected chi connectivity index (χ2v) is 13.6. The number of fused-ring (bicyclic) bond motifs is 7. The van der Waals surface area contributed by atoms with E-state index in [4.69, 9.17) is 23.8 Å². The highest BCUT2D eigenvalue weighted by molar-refractivity contribution is 6.10. The predicted octanol–water partition coefficient (Wildman–Crippen LogP) is 13.2. The van der Waals surface area contributed by atoms with Crippen molar-refractivity contribution in [2.45, 2.75) is 0 Å². The molecule has 11 rings (SSSR count). The quantitative estimate of drug-likeness (QED) is 0.180. The number of aromatic nitrogens is 3. The van der Waals surface area contributed by atoms with E-state index in [2.05, 4.69) is 121 Å². The number of benzene rings is 8. The molecule has 0 saturated heterocycles. The van der Waals surface area contributed by atoms with Crippen molar-refractivity contribution in [3.8, 4) is 56.4 Å². The van der Waals surface area contributed by atoms with Gasteiger partial charge in [-0.3, -0.25) is 0 Å². The molecule has 0 unspecified atom stereocenters. The normalized spacial score (nSPS) is 11.7. The fourth-order valence-corrected chi connectivity index (χ4v) is 7.59. The maximum atomic E-state index is 6.52. The van der Waals surface area contributed by atoms with E-state index < -0.39 is 0 Å².